The molecule has 3 rings (SSSR count). The van der Waals surface area contributed by atoms with Gasteiger partial charge in [0.05, 0.1) is 11.4 Å². The maximum Gasteiger partial charge on any atom is 0.209 e. The van der Waals surface area contributed by atoms with E-state index in [2.05, 4.69) is 64.8 Å². The molecule has 0 radical (unpaired) electrons. The second-order valence-corrected chi connectivity index (χ2v) is 6.16. The molecule has 4 heteroatoms. The van der Waals surface area contributed by atoms with Crippen molar-refractivity contribution in [2.75, 3.05) is 42.9 Å². The summed E-state index contributed by atoms with van der Waals surface area (Å²) in [4.78, 5) is 15.1. The van der Waals surface area contributed by atoms with Gasteiger partial charge in [0.25, 0.3) is 0 Å². The van der Waals surface area contributed by atoms with Gasteiger partial charge in [-0.2, -0.15) is 0 Å². The van der Waals surface area contributed by atoms with E-state index in [4.69, 9.17) is 0 Å². The molecule has 1 fully saturated rings. The number of nitrogens with zero attached hydrogens (tertiary/aromatic N) is 2. The van der Waals surface area contributed by atoms with Crippen molar-refractivity contribution < 1.29 is 4.79 Å². The van der Waals surface area contributed by atoms with E-state index in [1.165, 1.54) is 16.9 Å². The zero-order valence-corrected chi connectivity index (χ0v) is 14.0. The number of piperazine rings is 1. The second-order valence-electron chi connectivity index (χ2n) is 6.16. The lowest BCUT2D eigenvalue weighted by atomic mass is 10.1. The molecule has 0 aliphatic carbocycles. The molecule has 1 heterocycles. The number of anilines is 2. The van der Waals surface area contributed by atoms with Crippen LogP contribution < -0.4 is 10.2 Å². The molecule has 0 spiro atoms. The molecule has 24 heavy (non-hydrogen) atoms. The highest BCUT2D eigenvalue weighted by molar-refractivity contribution is 5.70. The van der Waals surface area contributed by atoms with E-state index in [-0.39, 0.29) is 0 Å². The summed E-state index contributed by atoms with van der Waals surface area (Å²) < 4.78 is 0. The zero-order chi connectivity index (χ0) is 16.6. The van der Waals surface area contributed by atoms with Crippen molar-refractivity contribution in [2.24, 2.45) is 0 Å². The van der Waals surface area contributed by atoms with Crippen LogP contribution in [0.3, 0.4) is 0 Å². The lowest BCUT2D eigenvalue weighted by Gasteiger charge is -2.35. The fourth-order valence-corrected chi connectivity index (χ4v) is 3.13. The van der Waals surface area contributed by atoms with Gasteiger partial charge in [0.1, 0.15) is 0 Å². The van der Waals surface area contributed by atoms with Crippen LogP contribution in [0.4, 0.5) is 11.4 Å². The van der Waals surface area contributed by atoms with Crippen LogP contribution in [0.5, 0.6) is 0 Å². The van der Waals surface area contributed by atoms with Crippen LogP contribution in [0.2, 0.25) is 0 Å². The highest BCUT2D eigenvalue weighted by Crippen LogP contribution is 2.26. The van der Waals surface area contributed by atoms with Crippen LogP contribution in [0.1, 0.15) is 12.0 Å². The third-order valence-electron chi connectivity index (χ3n) is 4.51. The first-order valence-corrected chi connectivity index (χ1v) is 8.68. The Morgan fingerprint density at radius 1 is 0.917 bits per heavy atom. The lowest BCUT2D eigenvalue weighted by Crippen LogP contribution is -2.45. The summed E-state index contributed by atoms with van der Waals surface area (Å²) in [6.45, 7) is 4.33. The molecule has 0 saturated carbocycles. The number of carbonyl (C=O) groups excluding carboxylic acids is 1. The van der Waals surface area contributed by atoms with Crippen molar-refractivity contribution in [3.8, 4) is 0 Å². The predicted molar refractivity (Wildman–Crippen MR) is 99.5 cm³/mol. The summed E-state index contributed by atoms with van der Waals surface area (Å²) in [6.07, 6.45) is 3.15. The molecular weight excluding hydrogens is 298 g/mol. The molecule has 0 atom stereocenters. The molecule has 4 nitrogen and oxygen atoms in total. The lowest BCUT2D eigenvalue weighted by molar-refractivity contribution is -0.118. The SMILES string of the molecule is O=CN1CCN(c2ccccc2NCCCc2ccccc2)CC1. The average Bonchev–Trinajstić information content (AvgIpc) is 2.66. The minimum absolute atomic E-state index is 0.797. The van der Waals surface area contributed by atoms with Gasteiger partial charge in [-0.3, -0.25) is 4.79 Å². The normalized spacial score (nSPS) is 14.5. The van der Waals surface area contributed by atoms with Crippen LogP contribution in [0.15, 0.2) is 54.6 Å². The maximum atomic E-state index is 10.9. The standard InChI is InChI=1S/C20H25N3O/c24-17-22-13-15-23(16-14-22)20-11-5-4-10-19(20)21-12-6-9-18-7-2-1-3-8-18/h1-5,7-8,10-11,17,21H,6,9,12-16H2. The van der Waals surface area contributed by atoms with Gasteiger partial charge < -0.3 is 15.1 Å². The van der Waals surface area contributed by atoms with Crippen molar-refractivity contribution in [1.82, 2.24) is 4.90 Å². The zero-order valence-electron chi connectivity index (χ0n) is 14.0. The molecule has 0 unspecified atom stereocenters. The maximum absolute atomic E-state index is 10.9. The number of hydrogen-bond donors (Lipinski definition) is 1. The minimum atomic E-state index is 0.797. The van der Waals surface area contributed by atoms with E-state index in [9.17, 15) is 4.79 Å². The van der Waals surface area contributed by atoms with E-state index in [1.54, 1.807) is 0 Å². The van der Waals surface area contributed by atoms with Crippen molar-refractivity contribution in [2.45, 2.75) is 12.8 Å². The molecule has 1 saturated heterocycles. The largest absolute Gasteiger partial charge is 0.383 e. The molecule has 1 aliphatic heterocycles. The van der Waals surface area contributed by atoms with Gasteiger partial charge in [-0.15, -0.1) is 0 Å². The number of rotatable bonds is 7. The highest BCUT2D eigenvalue weighted by atomic mass is 16.1. The van der Waals surface area contributed by atoms with Crippen molar-refractivity contribution in [3.63, 3.8) is 0 Å². The molecule has 1 aliphatic rings. The van der Waals surface area contributed by atoms with E-state index >= 15 is 0 Å². The Kier molecular flexibility index (Phi) is 5.72. The van der Waals surface area contributed by atoms with Crippen molar-refractivity contribution in [3.05, 3.63) is 60.2 Å². The smallest absolute Gasteiger partial charge is 0.209 e. The van der Waals surface area contributed by atoms with Crippen molar-refractivity contribution in [1.29, 1.82) is 0 Å². The number of hydrogen-bond acceptors (Lipinski definition) is 3. The third-order valence-corrected chi connectivity index (χ3v) is 4.51. The van der Waals surface area contributed by atoms with Crippen LogP contribution in [-0.4, -0.2) is 44.0 Å². The number of carbonyl (C=O) groups is 1. The summed E-state index contributed by atoms with van der Waals surface area (Å²) in [6, 6.07) is 19.1. The van der Waals surface area contributed by atoms with Gasteiger partial charge in [-0.1, -0.05) is 42.5 Å². The topological polar surface area (TPSA) is 35.6 Å². The summed E-state index contributed by atoms with van der Waals surface area (Å²) in [7, 11) is 0. The molecule has 2 aromatic carbocycles. The number of amides is 1. The second kappa shape index (κ2) is 8.39. The van der Waals surface area contributed by atoms with Gasteiger partial charge >= 0.3 is 0 Å². The van der Waals surface area contributed by atoms with E-state index < -0.39 is 0 Å². The Bertz CT molecular complexity index is 636. The van der Waals surface area contributed by atoms with E-state index in [1.807, 2.05) is 4.90 Å². The predicted octanol–water partition coefficient (Wildman–Crippen LogP) is 3.01. The van der Waals surface area contributed by atoms with E-state index in [0.29, 0.717) is 0 Å². The molecular formula is C20H25N3O. The first-order chi connectivity index (χ1) is 11.9. The average molecular weight is 323 g/mol. The van der Waals surface area contributed by atoms with Gasteiger partial charge in [0.2, 0.25) is 6.41 Å². The quantitative estimate of drug-likeness (QED) is 0.628. The van der Waals surface area contributed by atoms with Crippen LogP contribution in [0, 0.1) is 0 Å². The Morgan fingerprint density at radius 2 is 1.62 bits per heavy atom. The van der Waals surface area contributed by atoms with Gasteiger partial charge in [0, 0.05) is 32.7 Å². The number of para-hydroxylation sites is 2. The fraction of sp³-hybridized carbons (Fsp3) is 0.350. The van der Waals surface area contributed by atoms with Crippen LogP contribution in [-0.2, 0) is 11.2 Å². The molecule has 0 bridgehead atoms. The Labute approximate surface area is 144 Å². The Balaban J connectivity index is 1.53. The Hall–Kier alpha value is -2.49. The number of benzene rings is 2. The highest BCUT2D eigenvalue weighted by Gasteiger charge is 2.17. The van der Waals surface area contributed by atoms with Crippen molar-refractivity contribution >= 4 is 17.8 Å². The van der Waals surface area contributed by atoms with Gasteiger partial charge in [-0.05, 0) is 30.5 Å². The first-order valence-electron chi connectivity index (χ1n) is 8.68. The minimum Gasteiger partial charge on any atom is -0.383 e. The van der Waals surface area contributed by atoms with E-state index in [0.717, 1.165) is 52.0 Å². The van der Waals surface area contributed by atoms with Crippen LogP contribution >= 0.6 is 0 Å². The summed E-state index contributed by atoms with van der Waals surface area (Å²) in [5.41, 5.74) is 3.81. The van der Waals surface area contributed by atoms with Crippen LogP contribution in [0.25, 0.3) is 0 Å². The fourth-order valence-electron chi connectivity index (χ4n) is 3.13. The van der Waals surface area contributed by atoms with Gasteiger partial charge in [0.15, 0.2) is 0 Å². The molecule has 1 amide bonds. The summed E-state index contributed by atoms with van der Waals surface area (Å²) in [5, 5.41) is 3.58. The van der Waals surface area contributed by atoms with Gasteiger partial charge in [-0.25, -0.2) is 0 Å². The molecule has 2 aromatic rings. The monoisotopic (exact) mass is 323 g/mol. The number of aryl methyl sites for hydroxylation is 1. The Morgan fingerprint density at radius 3 is 2.38 bits per heavy atom. The molecule has 0 aromatic heterocycles. The number of nitrogens with one attached hydrogen (secondary N) is 1. The first kappa shape index (κ1) is 16.4. The molecule has 1 N–H and O–H groups in total. The summed E-state index contributed by atoms with van der Waals surface area (Å²) >= 11 is 0. The molecule has 126 valence electrons. The third kappa shape index (κ3) is 4.28. The summed E-state index contributed by atoms with van der Waals surface area (Å²) in [5.74, 6) is 0.